The summed E-state index contributed by atoms with van der Waals surface area (Å²) in [6, 6.07) is 4.84. The number of carboxylic acid groups (broad SMARTS) is 1. The van der Waals surface area contributed by atoms with Crippen LogP contribution >= 0.6 is 0 Å². The maximum atomic E-state index is 12.7. The third kappa shape index (κ3) is 4.93. The van der Waals surface area contributed by atoms with E-state index in [-0.39, 0.29) is 30.8 Å². The van der Waals surface area contributed by atoms with Crippen molar-refractivity contribution in [1.82, 2.24) is 30.3 Å². The molecule has 2 heterocycles. The van der Waals surface area contributed by atoms with Crippen molar-refractivity contribution in [2.45, 2.75) is 12.7 Å². The van der Waals surface area contributed by atoms with Crippen LogP contribution in [0.4, 0.5) is 24.8 Å². The van der Waals surface area contributed by atoms with E-state index in [4.69, 9.17) is 9.63 Å². The van der Waals surface area contributed by atoms with Crippen LogP contribution in [0.5, 0.6) is 0 Å². The van der Waals surface area contributed by atoms with Crippen LogP contribution in [0.2, 0.25) is 0 Å². The van der Waals surface area contributed by atoms with Gasteiger partial charge >= 0.3 is 18.0 Å². The number of benzene rings is 1. The van der Waals surface area contributed by atoms with Crippen LogP contribution in [-0.2, 0) is 17.5 Å². The van der Waals surface area contributed by atoms with E-state index in [2.05, 4.69) is 36.2 Å². The van der Waals surface area contributed by atoms with E-state index in [1.54, 1.807) is 0 Å². The van der Waals surface area contributed by atoms with Gasteiger partial charge in [-0.15, -0.1) is 10.2 Å². The molecule has 0 saturated carbocycles. The van der Waals surface area contributed by atoms with E-state index in [0.29, 0.717) is 5.69 Å². The molecular formula is C14H13F3N8O3. The quantitative estimate of drug-likeness (QED) is 0.476. The zero-order chi connectivity index (χ0) is 20.1. The van der Waals surface area contributed by atoms with Gasteiger partial charge in [-0.25, -0.2) is 0 Å². The second kappa shape index (κ2) is 7.89. The number of anilines is 2. The summed E-state index contributed by atoms with van der Waals surface area (Å²) in [6.07, 6.45) is -4.41. The molecule has 0 aliphatic heterocycles. The summed E-state index contributed by atoms with van der Waals surface area (Å²) in [6.45, 7) is 0.111. The first-order valence-electron chi connectivity index (χ1n) is 7.80. The topological polar surface area (TPSA) is 144 Å². The first-order chi connectivity index (χ1) is 13.3. The molecule has 14 heteroatoms. The molecule has 0 fully saturated rings. The Labute approximate surface area is 154 Å². The fourth-order valence-electron chi connectivity index (χ4n) is 2.09. The van der Waals surface area contributed by atoms with E-state index in [1.165, 1.54) is 12.1 Å². The van der Waals surface area contributed by atoms with Crippen molar-refractivity contribution in [3.8, 4) is 11.7 Å². The Kier molecular flexibility index (Phi) is 5.37. The number of carbonyl (C=O) groups is 1. The zero-order valence-electron chi connectivity index (χ0n) is 14.0. The number of halogens is 3. The Hall–Kier alpha value is -3.71. The van der Waals surface area contributed by atoms with Gasteiger partial charge in [0, 0.05) is 18.8 Å². The number of nitrogens with zero attached hydrogens (tertiary/aromatic N) is 6. The molecule has 0 bridgehead atoms. The van der Waals surface area contributed by atoms with Gasteiger partial charge < -0.3 is 20.3 Å². The first-order valence-corrected chi connectivity index (χ1v) is 7.80. The highest BCUT2D eigenvalue weighted by molar-refractivity contribution is 5.66. The highest BCUT2D eigenvalue weighted by atomic mass is 19.4. The van der Waals surface area contributed by atoms with E-state index < -0.39 is 24.3 Å². The average molecular weight is 398 g/mol. The molecule has 3 N–H and O–H groups in total. The maximum Gasteiger partial charge on any atom is 0.416 e. The van der Waals surface area contributed by atoms with Crippen LogP contribution in [0, 0.1) is 0 Å². The minimum Gasteiger partial charge on any atom is -0.480 e. The first kappa shape index (κ1) is 19.1. The van der Waals surface area contributed by atoms with Crippen molar-refractivity contribution in [3.05, 3.63) is 29.8 Å². The Morgan fingerprint density at radius 1 is 1.25 bits per heavy atom. The molecule has 0 spiro atoms. The predicted molar refractivity (Wildman–Crippen MR) is 87.2 cm³/mol. The number of carboxylic acids is 1. The second-order valence-electron chi connectivity index (χ2n) is 5.39. The zero-order valence-corrected chi connectivity index (χ0v) is 14.0. The fraction of sp³-hybridized carbons (Fsp3) is 0.286. The van der Waals surface area contributed by atoms with Gasteiger partial charge in [0.1, 0.15) is 0 Å². The van der Waals surface area contributed by atoms with E-state index in [0.717, 1.165) is 16.9 Å². The molecule has 0 saturated heterocycles. The molecule has 0 aliphatic rings. The number of alkyl halides is 3. The van der Waals surface area contributed by atoms with Gasteiger partial charge in [0.2, 0.25) is 0 Å². The van der Waals surface area contributed by atoms with Crippen LogP contribution in [0.1, 0.15) is 5.56 Å². The van der Waals surface area contributed by atoms with Crippen molar-refractivity contribution in [1.29, 1.82) is 0 Å². The summed E-state index contributed by atoms with van der Waals surface area (Å²) in [5, 5.41) is 28.9. The van der Waals surface area contributed by atoms with Gasteiger partial charge in [-0.2, -0.15) is 23.0 Å². The fourth-order valence-corrected chi connectivity index (χ4v) is 2.09. The summed E-state index contributed by atoms with van der Waals surface area (Å²) in [5.41, 5.74) is -0.415. The number of aromatic nitrogens is 6. The van der Waals surface area contributed by atoms with Crippen molar-refractivity contribution in [2.75, 3.05) is 23.7 Å². The summed E-state index contributed by atoms with van der Waals surface area (Å²) in [4.78, 5) is 15.4. The lowest BCUT2D eigenvalue weighted by Gasteiger charge is -2.10. The Morgan fingerprint density at radius 3 is 2.79 bits per heavy atom. The summed E-state index contributed by atoms with van der Waals surface area (Å²) < 4.78 is 43.0. The van der Waals surface area contributed by atoms with Crippen molar-refractivity contribution < 1.29 is 27.6 Å². The molecular weight excluding hydrogens is 385 g/mol. The SMILES string of the molecule is O=C(O)Cn1nnc(-c2nc(NCCNc3cccc(C(F)(F)F)c3)no2)n1. The molecule has 0 amide bonds. The number of rotatable bonds is 8. The Bertz CT molecular complexity index is 955. The van der Waals surface area contributed by atoms with Crippen molar-refractivity contribution in [2.24, 2.45) is 0 Å². The molecule has 0 atom stereocenters. The summed E-state index contributed by atoms with van der Waals surface area (Å²) in [7, 11) is 0. The lowest BCUT2D eigenvalue weighted by Crippen LogP contribution is -2.15. The van der Waals surface area contributed by atoms with Gasteiger partial charge in [-0.1, -0.05) is 6.07 Å². The maximum absolute atomic E-state index is 12.7. The predicted octanol–water partition coefficient (Wildman–Crippen LogP) is 1.35. The molecule has 11 nitrogen and oxygen atoms in total. The molecule has 0 aliphatic carbocycles. The summed E-state index contributed by atoms with van der Waals surface area (Å²) >= 11 is 0. The minimum atomic E-state index is -4.41. The molecule has 148 valence electrons. The molecule has 0 radical (unpaired) electrons. The van der Waals surface area contributed by atoms with E-state index >= 15 is 0 Å². The highest BCUT2D eigenvalue weighted by Gasteiger charge is 2.30. The van der Waals surface area contributed by atoms with Gasteiger partial charge in [0.25, 0.3) is 11.8 Å². The molecule has 0 unspecified atom stereocenters. The largest absolute Gasteiger partial charge is 0.480 e. The Morgan fingerprint density at radius 2 is 2.04 bits per heavy atom. The van der Waals surface area contributed by atoms with Crippen LogP contribution < -0.4 is 10.6 Å². The lowest BCUT2D eigenvalue weighted by molar-refractivity contribution is -0.138. The Balaban J connectivity index is 1.50. The minimum absolute atomic E-state index is 0.0381. The molecule has 28 heavy (non-hydrogen) atoms. The van der Waals surface area contributed by atoms with Gasteiger partial charge in [-0.3, -0.25) is 4.79 Å². The third-order valence-electron chi connectivity index (χ3n) is 3.27. The third-order valence-corrected chi connectivity index (χ3v) is 3.27. The number of aliphatic carboxylic acids is 1. The van der Waals surface area contributed by atoms with Crippen LogP contribution in [-0.4, -0.2) is 54.5 Å². The smallest absolute Gasteiger partial charge is 0.416 e. The van der Waals surface area contributed by atoms with Crippen LogP contribution in [0.25, 0.3) is 11.7 Å². The normalized spacial score (nSPS) is 11.4. The molecule has 2 aromatic heterocycles. The van der Waals surface area contributed by atoms with Crippen molar-refractivity contribution in [3.63, 3.8) is 0 Å². The molecule has 3 rings (SSSR count). The van der Waals surface area contributed by atoms with Crippen LogP contribution in [0.3, 0.4) is 0 Å². The number of nitrogens with one attached hydrogen (secondary N) is 2. The molecule has 3 aromatic rings. The number of hydrogen-bond donors (Lipinski definition) is 3. The van der Waals surface area contributed by atoms with Gasteiger partial charge in [-0.05, 0) is 28.6 Å². The average Bonchev–Trinajstić information content (AvgIpc) is 3.27. The number of hydrogen-bond acceptors (Lipinski definition) is 9. The monoisotopic (exact) mass is 398 g/mol. The van der Waals surface area contributed by atoms with Gasteiger partial charge in [0.15, 0.2) is 6.54 Å². The standard InChI is InChI=1S/C14H13F3N8O3/c15-14(16,17)8-2-1-3-9(6-8)18-4-5-19-13-20-12(28-23-13)11-21-24-25(22-11)7-10(26)27/h1-3,6,18H,4-5,7H2,(H,19,23)(H,26,27). The lowest BCUT2D eigenvalue weighted by atomic mass is 10.2. The van der Waals surface area contributed by atoms with Crippen molar-refractivity contribution >= 4 is 17.6 Å². The summed E-state index contributed by atoms with van der Waals surface area (Å²) in [5.74, 6) is -1.13. The van der Waals surface area contributed by atoms with Crippen LogP contribution in [0.15, 0.2) is 28.8 Å². The second-order valence-corrected chi connectivity index (χ2v) is 5.39. The highest BCUT2D eigenvalue weighted by Crippen LogP contribution is 2.30. The number of tetrazole rings is 1. The van der Waals surface area contributed by atoms with E-state index in [1.807, 2.05) is 0 Å². The molecule has 1 aromatic carbocycles. The van der Waals surface area contributed by atoms with E-state index in [9.17, 15) is 18.0 Å². The van der Waals surface area contributed by atoms with Gasteiger partial charge in [0.05, 0.1) is 5.56 Å².